The molecule has 0 aromatic carbocycles. The third-order valence-electron chi connectivity index (χ3n) is 3.73. The second-order valence-corrected chi connectivity index (χ2v) is 6.99. The number of rotatable bonds is 6. The minimum atomic E-state index is -0.875. The van der Waals surface area contributed by atoms with Gasteiger partial charge in [-0.3, -0.25) is 9.00 Å². The van der Waals surface area contributed by atoms with Crippen LogP contribution < -0.4 is 5.32 Å². The summed E-state index contributed by atoms with van der Waals surface area (Å²) >= 11 is 0. The van der Waals surface area contributed by atoms with Gasteiger partial charge >= 0.3 is 0 Å². The van der Waals surface area contributed by atoms with Crippen molar-refractivity contribution in [3.63, 3.8) is 0 Å². The summed E-state index contributed by atoms with van der Waals surface area (Å²) < 4.78 is 11.3. The normalized spacial score (nSPS) is 23.6. The maximum atomic E-state index is 12.4. The molecule has 1 saturated heterocycles. The van der Waals surface area contributed by atoms with Crippen LogP contribution in [0.15, 0.2) is 0 Å². The summed E-state index contributed by atoms with van der Waals surface area (Å²) in [5.41, 5.74) is -0.875. The number of carbonyl (C=O) groups is 1. The van der Waals surface area contributed by atoms with E-state index in [1.54, 1.807) is 0 Å². The van der Waals surface area contributed by atoms with Gasteiger partial charge in [-0.2, -0.15) is 5.26 Å². The van der Waals surface area contributed by atoms with Crippen molar-refractivity contribution >= 4 is 16.7 Å². The number of hydrogen-bond donors (Lipinski definition) is 1. The molecule has 0 bridgehead atoms. The number of nitrogens with one attached hydrogen (secondary N) is 1. The zero-order valence-corrected chi connectivity index (χ0v) is 12.7. The lowest BCUT2D eigenvalue weighted by atomic mass is 9.79. The molecular weight excluding hydrogens is 260 g/mol. The lowest BCUT2D eigenvalue weighted by Gasteiger charge is -2.29. The zero-order chi connectivity index (χ0) is 14.3. The Hall–Kier alpha value is -0.890. The van der Waals surface area contributed by atoms with Gasteiger partial charge in [0.1, 0.15) is 5.41 Å². The molecule has 1 aliphatic heterocycles. The van der Waals surface area contributed by atoms with Gasteiger partial charge in [-0.25, -0.2) is 0 Å². The lowest BCUT2D eigenvalue weighted by molar-refractivity contribution is -0.129. The fourth-order valence-corrected chi connectivity index (χ4v) is 3.93. The molecule has 0 aliphatic carbocycles. The summed E-state index contributed by atoms with van der Waals surface area (Å²) in [4.78, 5) is 12.4. The standard InChI is InChI=1S/C14H24N2O2S/c1-3-7-14(11-15,8-4-2)13(17)16-12-5-9-19(18)10-6-12/h12H,3-10H2,1-2H3,(H,16,17). The van der Waals surface area contributed by atoms with Gasteiger partial charge in [0.25, 0.3) is 0 Å². The molecule has 0 aromatic rings. The third-order valence-corrected chi connectivity index (χ3v) is 5.11. The molecule has 1 aliphatic rings. The van der Waals surface area contributed by atoms with E-state index in [1.807, 2.05) is 13.8 Å². The smallest absolute Gasteiger partial charge is 0.240 e. The topological polar surface area (TPSA) is 70.0 Å². The first-order valence-electron chi connectivity index (χ1n) is 7.15. The molecule has 4 nitrogen and oxygen atoms in total. The first-order chi connectivity index (χ1) is 9.07. The van der Waals surface area contributed by atoms with E-state index in [4.69, 9.17) is 0 Å². The number of amides is 1. The van der Waals surface area contributed by atoms with Crippen LogP contribution >= 0.6 is 0 Å². The van der Waals surface area contributed by atoms with Gasteiger partial charge in [-0.15, -0.1) is 0 Å². The Morgan fingerprint density at radius 2 is 1.84 bits per heavy atom. The molecule has 0 radical (unpaired) electrons. The molecular formula is C14H24N2O2S. The van der Waals surface area contributed by atoms with Crippen molar-refractivity contribution < 1.29 is 9.00 Å². The minimum absolute atomic E-state index is 0.0895. The Morgan fingerprint density at radius 1 is 1.32 bits per heavy atom. The van der Waals surface area contributed by atoms with Crippen molar-refractivity contribution in [2.75, 3.05) is 11.5 Å². The Morgan fingerprint density at radius 3 is 2.26 bits per heavy atom. The molecule has 5 heteroatoms. The van der Waals surface area contributed by atoms with E-state index < -0.39 is 16.2 Å². The monoisotopic (exact) mass is 284 g/mol. The highest BCUT2D eigenvalue weighted by Gasteiger charge is 2.38. The van der Waals surface area contributed by atoms with Crippen LogP contribution in [0.25, 0.3) is 0 Å². The molecule has 1 N–H and O–H groups in total. The van der Waals surface area contributed by atoms with E-state index in [0.29, 0.717) is 24.3 Å². The summed E-state index contributed by atoms with van der Waals surface area (Å²) in [6.45, 7) is 4.00. The van der Waals surface area contributed by atoms with Crippen molar-refractivity contribution in [1.82, 2.24) is 5.32 Å². The van der Waals surface area contributed by atoms with Gasteiger partial charge in [0.2, 0.25) is 5.91 Å². The molecule has 1 amide bonds. The Kier molecular flexibility index (Phi) is 6.50. The zero-order valence-electron chi connectivity index (χ0n) is 11.9. The van der Waals surface area contributed by atoms with Crippen molar-refractivity contribution in [2.45, 2.75) is 58.4 Å². The van der Waals surface area contributed by atoms with Crippen molar-refractivity contribution in [3.8, 4) is 6.07 Å². The van der Waals surface area contributed by atoms with Crippen LogP contribution in [0, 0.1) is 16.7 Å². The average Bonchev–Trinajstić information content (AvgIpc) is 2.41. The number of nitriles is 1. The van der Waals surface area contributed by atoms with Crippen LogP contribution in [0.3, 0.4) is 0 Å². The molecule has 1 rings (SSSR count). The first kappa shape index (κ1) is 16.2. The average molecular weight is 284 g/mol. The van der Waals surface area contributed by atoms with Gasteiger partial charge in [0.15, 0.2) is 0 Å². The van der Waals surface area contributed by atoms with Gasteiger partial charge < -0.3 is 5.32 Å². The van der Waals surface area contributed by atoms with Gasteiger partial charge in [0.05, 0.1) is 6.07 Å². The Bertz CT molecular complexity index is 360. The SMILES string of the molecule is CCCC(C#N)(CCC)C(=O)NC1CCS(=O)CC1. The minimum Gasteiger partial charge on any atom is -0.352 e. The Balaban J connectivity index is 2.66. The third kappa shape index (κ3) is 4.31. The van der Waals surface area contributed by atoms with E-state index in [2.05, 4.69) is 11.4 Å². The lowest BCUT2D eigenvalue weighted by Crippen LogP contribution is -2.47. The molecule has 1 heterocycles. The summed E-state index contributed by atoms with van der Waals surface area (Å²) in [6, 6.07) is 2.33. The van der Waals surface area contributed by atoms with Crippen LogP contribution in [-0.4, -0.2) is 27.7 Å². The van der Waals surface area contributed by atoms with E-state index in [1.165, 1.54) is 0 Å². The predicted octanol–water partition coefficient (Wildman–Crippen LogP) is 2.12. The van der Waals surface area contributed by atoms with Crippen molar-refractivity contribution in [3.05, 3.63) is 0 Å². The van der Waals surface area contributed by atoms with E-state index in [-0.39, 0.29) is 11.9 Å². The number of carbonyl (C=O) groups excluding carboxylic acids is 1. The highest BCUT2D eigenvalue weighted by atomic mass is 32.2. The van der Waals surface area contributed by atoms with Gasteiger partial charge in [0, 0.05) is 28.3 Å². The largest absolute Gasteiger partial charge is 0.352 e. The summed E-state index contributed by atoms with van der Waals surface area (Å²) in [7, 11) is -0.722. The maximum absolute atomic E-state index is 12.4. The van der Waals surface area contributed by atoms with Crippen molar-refractivity contribution in [2.24, 2.45) is 5.41 Å². The first-order valence-corrected chi connectivity index (χ1v) is 8.64. The van der Waals surface area contributed by atoms with Gasteiger partial charge in [-0.05, 0) is 25.7 Å². The summed E-state index contributed by atoms with van der Waals surface area (Å²) in [5.74, 6) is 1.19. The predicted molar refractivity (Wildman–Crippen MR) is 76.9 cm³/mol. The quantitative estimate of drug-likeness (QED) is 0.812. The van der Waals surface area contributed by atoms with E-state index >= 15 is 0 Å². The van der Waals surface area contributed by atoms with Crippen molar-refractivity contribution in [1.29, 1.82) is 5.26 Å². The number of nitrogens with zero attached hydrogens (tertiary/aromatic N) is 1. The van der Waals surface area contributed by atoms with E-state index in [0.717, 1.165) is 25.7 Å². The van der Waals surface area contributed by atoms with Crippen LogP contribution in [0.1, 0.15) is 52.4 Å². The fraction of sp³-hybridized carbons (Fsp3) is 0.857. The molecule has 108 valence electrons. The van der Waals surface area contributed by atoms with Crippen LogP contribution in [0.4, 0.5) is 0 Å². The van der Waals surface area contributed by atoms with Crippen LogP contribution in [0.5, 0.6) is 0 Å². The molecule has 0 spiro atoms. The highest BCUT2D eigenvalue weighted by Crippen LogP contribution is 2.30. The highest BCUT2D eigenvalue weighted by molar-refractivity contribution is 7.85. The molecule has 0 saturated carbocycles. The van der Waals surface area contributed by atoms with Gasteiger partial charge in [-0.1, -0.05) is 26.7 Å². The molecule has 1 fully saturated rings. The fourth-order valence-electron chi connectivity index (χ4n) is 2.63. The number of hydrogen-bond acceptors (Lipinski definition) is 3. The second kappa shape index (κ2) is 7.64. The second-order valence-electron chi connectivity index (χ2n) is 5.29. The summed E-state index contributed by atoms with van der Waals surface area (Å²) in [5, 5.41) is 12.4. The van der Waals surface area contributed by atoms with Crippen LogP contribution in [0.2, 0.25) is 0 Å². The maximum Gasteiger partial charge on any atom is 0.240 e. The molecule has 19 heavy (non-hydrogen) atoms. The molecule has 0 unspecified atom stereocenters. The molecule has 0 aromatic heterocycles. The Labute approximate surface area is 118 Å². The van der Waals surface area contributed by atoms with Crippen LogP contribution in [-0.2, 0) is 15.6 Å². The van der Waals surface area contributed by atoms with E-state index in [9.17, 15) is 14.3 Å². The summed E-state index contributed by atoms with van der Waals surface area (Å²) in [6.07, 6.45) is 4.41. The molecule has 0 atom stereocenters.